The smallest absolute Gasteiger partial charge is 0.320 e. The SMILES string of the molecule is COC(=O)C(CC1(C)OCCO1)C(=O)OCc1cc(Cl)cc(C(=N)N)c1. The summed E-state index contributed by atoms with van der Waals surface area (Å²) in [5.41, 5.74) is 6.40. The number of nitrogens with two attached hydrogens (primary N) is 1. The molecule has 1 aliphatic heterocycles. The monoisotopic (exact) mass is 384 g/mol. The Morgan fingerprint density at radius 1 is 1.31 bits per heavy atom. The van der Waals surface area contributed by atoms with E-state index < -0.39 is 23.6 Å². The van der Waals surface area contributed by atoms with Crippen molar-refractivity contribution in [2.24, 2.45) is 11.7 Å². The molecule has 1 fully saturated rings. The number of carbonyl (C=O) groups is 2. The zero-order valence-electron chi connectivity index (χ0n) is 14.5. The molecule has 0 aliphatic carbocycles. The normalized spacial score (nSPS) is 16.7. The van der Waals surface area contributed by atoms with E-state index in [4.69, 9.17) is 41.7 Å². The number of amidine groups is 1. The van der Waals surface area contributed by atoms with Crippen molar-refractivity contribution in [1.82, 2.24) is 0 Å². The van der Waals surface area contributed by atoms with Crippen LogP contribution in [0.3, 0.4) is 0 Å². The van der Waals surface area contributed by atoms with E-state index in [0.29, 0.717) is 29.4 Å². The molecule has 1 saturated heterocycles. The first-order valence-corrected chi connectivity index (χ1v) is 8.28. The molecule has 1 aromatic rings. The largest absolute Gasteiger partial charge is 0.468 e. The molecule has 1 aliphatic rings. The Bertz CT molecular complexity index is 702. The number of nitrogen functional groups attached to an aromatic ring is 1. The van der Waals surface area contributed by atoms with Crippen LogP contribution in [0.1, 0.15) is 24.5 Å². The fourth-order valence-corrected chi connectivity index (χ4v) is 2.85. The maximum absolute atomic E-state index is 12.4. The molecule has 3 N–H and O–H groups in total. The van der Waals surface area contributed by atoms with E-state index in [0.717, 1.165) is 0 Å². The van der Waals surface area contributed by atoms with E-state index in [1.54, 1.807) is 19.1 Å². The van der Waals surface area contributed by atoms with Crippen molar-refractivity contribution in [3.63, 3.8) is 0 Å². The molecular formula is C17H21ClN2O6. The van der Waals surface area contributed by atoms with Crippen molar-refractivity contribution in [3.05, 3.63) is 34.3 Å². The topological polar surface area (TPSA) is 121 Å². The summed E-state index contributed by atoms with van der Waals surface area (Å²) in [6.07, 6.45) is -0.0211. The van der Waals surface area contributed by atoms with Gasteiger partial charge >= 0.3 is 11.9 Å². The molecule has 142 valence electrons. The molecule has 1 atom stereocenters. The molecule has 26 heavy (non-hydrogen) atoms. The van der Waals surface area contributed by atoms with E-state index in [-0.39, 0.29) is 18.9 Å². The number of esters is 2. The van der Waals surface area contributed by atoms with E-state index in [9.17, 15) is 9.59 Å². The highest BCUT2D eigenvalue weighted by Gasteiger charge is 2.41. The van der Waals surface area contributed by atoms with Crippen LogP contribution >= 0.6 is 11.6 Å². The van der Waals surface area contributed by atoms with Gasteiger partial charge in [-0.3, -0.25) is 15.0 Å². The van der Waals surface area contributed by atoms with Gasteiger partial charge in [0.2, 0.25) is 0 Å². The van der Waals surface area contributed by atoms with Gasteiger partial charge < -0.3 is 24.7 Å². The minimum atomic E-state index is -1.19. The van der Waals surface area contributed by atoms with Crippen LogP contribution in [0.2, 0.25) is 5.02 Å². The summed E-state index contributed by atoms with van der Waals surface area (Å²) in [6.45, 7) is 2.29. The van der Waals surface area contributed by atoms with Gasteiger partial charge in [-0.15, -0.1) is 0 Å². The number of nitrogens with one attached hydrogen (secondary N) is 1. The Morgan fingerprint density at radius 3 is 2.54 bits per heavy atom. The fraction of sp³-hybridized carbons (Fsp3) is 0.471. The summed E-state index contributed by atoms with van der Waals surface area (Å²) in [4.78, 5) is 24.4. The van der Waals surface area contributed by atoms with Crippen LogP contribution in [0.5, 0.6) is 0 Å². The molecule has 0 bridgehead atoms. The average Bonchev–Trinajstić information content (AvgIpc) is 3.03. The quantitative estimate of drug-likeness (QED) is 0.317. The Labute approximate surface area is 156 Å². The molecule has 0 radical (unpaired) electrons. The van der Waals surface area contributed by atoms with Crippen molar-refractivity contribution >= 4 is 29.4 Å². The van der Waals surface area contributed by atoms with E-state index in [1.165, 1.54) is 13.2 Å². The predicted octanol–water partition coefficient (Wildman–Crippen LogP) is 1.61. The summed E-state index contributed by atoms with van der Waals surface area (Å²) in [5.74, 6) is -3.88. The van der Waals surface area contributed by atoms with Gasteiger partial charge in [-0.05, 0) is 30.7 Å². The summed E-state index contributed by atoms with van der Waals surface area (Å²) >= 11 is 5.98. The van der Waals surface area contributed by atoms with Crippen molar-refractivity contribution in [3.8, 4) is 0 Å². The lowest BCUT2D eigenvalue weighted by molar-refractivity contribution is -0.181. The number of hydrogen-bond donors (Lipinski definition) is 2. The number of carbonyl (C=O) groups excluding carboxylic acids is 2. The van der Waals surface area contributed by atoms with Gasteiger partial charge in [0.05, 0.1) is 20.3 Å². The molecule has 9 heteroatoms. The second kappa shape index (κ2) is 8.48. The lowest BCUT2D eigenvalue weighted by Crippen LogP contribution is -2.37. The van der Waals surface area contributed by atoms with Gasteiger partial charge in [-0.25, -0.2) is 0 Å². The second-order valence-electron chi connectivity index (χ2n) is 5.98. The lowest BCUT2D eigenvalue weighted by Gasteiger charge is -2.25. The molecule has 8 nitrogen and oxygen atoms in total. The minimum absolute atomic E-state index is 0.0211. The summed E-state index contributed by atoms with van der Waals surface area (Å²) in [6, 6.07) is 4.69. The molecule has 0 spiro atoms. The van der Waals surface area contributed by atoms with Crippen LogP contribution in [0.15, 0.2) is 18.2 Å². The van der Waals surface area contributed by atoms with E-state index >= 15 is 0 Å². The van der Waals surface area contributed by atoms with Gasteiger partial charge in [0, 0.05) is 17.0 Å². The number of methoxy groups -OCH3 is 1. The lowest BCUT2D eigenvalue weighted by atomic mass is 10.00. The van der Waals surface area contributed by atoms with Crippen LogP contribution in [-0.4, -0.2) is 43.9 Å². The maximum atomic E-state index is 12.4. The summed E-state index contributed by atoms with van der Waals surface area (Å²) in [5, 5.41) is 7.82. The summed E-state index contributed by atoms with van der Waals surface area (Å²) < 4.78 is 20.8. The van der Waals surface area contributed by atoms with Crippen LogP contribution in [0.4, 0.5) is 0 Å². The van der Waals surface area contributed by atoms with Gasteiger partial charge in [0.25, 0.3) is 0 Å². The third-order valence-corrected chi connectivity index (χ3v) is 4.11. The van der Waals surface area contributed by atoms with Gasteiger partial charge in [-0.1, -0.05) is 11.6 Å². The number of benzene rings is 1. The molecule has 1 heterocycles. The van der Waals surface area contributed by atoms with Crippen LogP contribution < -0.4 is 5.73 Å². The Morgan fingerprint density at radius 2 is 1.96 bits per heavy atom. The standard InChI is InChI=1S/C17H21ClN2O6/c1-17(25-3-4-26-17)8-13(15(21)23-2)16(22)24-9-10-5-11(14(19)20)7-12(18)6-10/h5-7,13H,3-4,8-9H2,1-2H3,(H3,19,20). The van der Waals surface area contributed by atoms with Gasteiger partial charge in [-0.2, -0.15) is 0 Å². The van der Waals surface area contributed by atoms with Crippen LogP contribution in [0.25, 0.3) is 0 Å². The number of rotatable bonds is 7. The highest BCUT2D eigenvalue weighted by molar-refractivity contribution is 6.31. The van der Waals surface area contributed by atoms with E-state index in [1.807, 2.05) is 0 Å². The van der Waals surface area contributed by atoms with Crippen LogP contribution in [0, 0.1) is 11.3 Å². The van der Waals surface area contributed by atoms with E-state index in [2.05, 4.69) is 0 Å². The Balaban J connectivity index is 2.07. The molecule has 0 amide bonds. The minimum Gasteiger partial charge on any atom is -0.468 e. The summed E-state index contributed by atoms with van der Waals surface area (Å²) in [7, 11) is 1.19. The molecule has 0 aromatic heterocycles. The van der Waals surface area contributed by atoms with Crippen molar-refractivity contribution in [2.45, 2.75) is 25.7 Å². The number of ether oxygens (including phenoxy) is 4. The highest BCUT2D eigenvalue weighted by atomic mass is 35.5. The zero-order chi connectivity index (χ0) is 19.3. The van der Waals surface area contributed by atoms with Gasteiger partial charge in [0.1, 0.15) is 12.4 Å². The number of halogens is 1. The first-order valence-electron chi connectivity index (χ1n) is 7.90. The van der Waals surface area contributed by atoms with Crippen molar-refractivity contribution in [2.75, 3.05) is 20.3 Å². The maximum Gasteiger partial charge on any atom is 0.320 e. The highest BCUT2D eigenvalue weighted by Crippen LogP contribution is 2.28. The predicted molar refractivity (Wildman–Crippen MR) is 92.7 cm³/mol. The van der Waals surface area contributed by atoms with Crippen LogP contribution in [-0.2, 0) is 35.1 Å². The first-order chi connectivity index (χ1) is 12.2. The molecule has 2 rings (SSSR count). The molecule has 0 saturated carbocycles. The van der Waals surface area contributed by atoms with Crippen molar-refractivity contribution in [1.29, 1.82) is 5.41 Å². The Kier molecular flexibility index (Phi) is 6.57. The van der Waals surface area contributed by atoms with Gasteiger partial charge in [0.15, 0.2) is 11.7 Å². The molecular weight excluding hydrogens is 364 g/mol. The van der Waals surface area contributed by atoms with Crippen molar-refractivity contribution < 1.29 is 28.5 Å². The first kappa shape index (κ1) is 20.2. The third-order valence-electron chi connectivity index (χ3n) is 3.89. The Hall–Kier alpha value is -2.16. The fourth-order valence-electron chi connectivity index (χ4n) is 2.59. The molecule has 1 aromatic carbocycles. The second-order valence-corrected chi connectivity index (χ2v) is 6.42. The molecule has 1 unspecified atom stereocenters. The zero-order valence-corrected chi connectivity index (χ0v) is 15.3. The average molecular weight is 385 g/mol. The number of hydrogen-bond acceptors (Lipinski definition) is 7. The third kappa shape index (κ3) is 5.17.